The van der Waals surface area contributed by atoms with Crippen molar-refractivity contribution in [2.24, 2.45) is 0 Å². The van der Waals surface area contributed by atoms with Crippen molar-refractivity contribution in [1.82, 2.24) is 15.0 Å². The van der Waals surface area contributed by atoms with Gasteiger partial charge in [-0.05, 0) is 37.6 Å². The summed E-state index contributed by atoms with van der Waals surface area (Å²) in [6, 6.07) is 15.3. The number of nitrogens with one attached hydrogen (secondary N) is 1. The molecule has 188 valence electrons. The lowest BCUT2D eigenvalue weighted by atomic mass is 9.99. The first-order valence-electron chi connectivity index (χ1n) is 11.9. The minimum absolute atomic E-state index is 0.169. The molecule has 5 rings (SSSR count). The maximum atomic E-state index is 13.3. The second kappa shape index (κ2) is 10.7. The molecule has 4 aromatic rings. The van der Waals surface area contributed by atoms with E-state index in [0.717, 1.165) is 16.7 Å². The van der Waals surface area contributed by atoms with E-state index in [4.69, 9.17) is 14.7 Å². The highest BCUT2D eigenvalue weighted by Crippen LogP contribution is 2.43. The van der Waals surface area contributed by atoms with E-state index in [1.54, 1.807) is 6.20 Å². The van der Waals surface area contributed by atoms with E-state index in [1.807, 2.05) is 44.2 Å². The Labute approximate surface area is 218 Å². The molecule has 9 heteroatoms. The van der Waals surface area contributed by atoms with Crippen molar-refractivity contribution in [2.45, 2.75) is 43.6 Å². The van der Waals surface area contributed by atoms with Gasteiger partial charge in [-0.3, -0.25) is 9.78 Å². The van der Waals surface area contributed by atoms with Gasteiger partial charge >= 0.3 is 0 Å². The smallest absolute Gasteiger partial charge is 0.237 e. The first-order chi connectivity index (χ1) is 18.0. The number of amides is 1. The molecule has 1 aliphatic heterocycles. The number of anilines is 1. The summed E-state index contributed by atoms with van der Waals surface area (Å²) in [5, 5.41) is 12.9. The Bertz CT molecular complexity index is 1450. The van der Waals surface area contributed by atoms with Crippen LogP contribution in [0.4, 0.5) is 10.1 Å². The van der Waals surface area contributed by atoms with Gasteiger partial charge in [0.25, 0.3) is 0 Å². The first kappa shape index (κ1) is 24.9. The molecule has 1 amide bonds. The van der Waals surface area contributed by atoms with Crippen molar-refractivity contribution in [3.05, 3.63) is 89.0 Å². The van der Waals surface area contributed by atoms with Gasteiger partial charge in [0.1, 0.15) is 10.8 Å². The third kappa shape index (κ3) is 5.19. The number of aryl methyl sites for hydroxylation is 1. The van der Waals surface area contributed by atoms with Crippen molar-refractivity contribution in [3.8, 4) is 23.0 Å². The first-order valence-corrected chi connectivity index (χ1v) is 12.8. The number of aliphatic hydroxyl groups is 1. The number of nitrogens with zero attached hydrogens (tertiary/aromatic N) is 3. The molecule has 7 nitrogen and oxygen atoms in total. The average molecular weight is 517 g/mol. The number of hydrogen-bond donors (Lipinski definition) is 2. The molecule has 2 aromatic heterocycles. The summed E-state index contributed by atoms with van der Waals surface area (Å²) in [4.78, 5) is 27.1. The van der Waals surface area contributed by atoms with E-state index in [1.165, 1.54) is 36.0 Å². The second-order valence-electron chi connectivity index (χ2n) is 8.63. The number of pyridine rings is 1. The highest BCUT2D eigenvalue weighted by molar-refractivity contribution is 8.00. The van der Waals surface area contributed by atoms with Gasteiger partial charge in [-0.1, -0.05) is 49.0 Å². The summed E-state index contributed by atoms with van der Waals surface area (Å²) in [5.41, 5.74) is 4.32. The molecule has 1 atom stereocenters. The Morgan fingerprint density at radius 2 is 1.89 bits per heavy atom. The van der Waals surface area contributed by atoms with Gasteiger partial charge in [-0.15, -0.1) is 0 Å². The van der Waals surface area contributed by atoms with E-state index >= 15 is 0 Å². The standard InChI is InChI=1S/C28H25FN4O3S/c1-3-23(26(35)31-20-11-9-19(29)10-12-20)37-28-22-13-21-18(15-34)14-30-16(2)24(21)36-27(22)32-25(33-28)17-7-5-4-6-8-17/h4-12,14,23,34H,3,13,15H2,1-2H3,(H,31,35)/t23-/m1/s1. The van der Waals surface area contributed by atoms with Gasteiger partial charge in [-0.2, -0.15) is 4.98 Å². The molecular weight excluding hydrogens is 491 g/mol. The molecule has 0 spiro atoms. The number of ether oxygens (including phenoxy) is 1. The van der Waals surface area contributed by atoms with E-state index in [-0.39, 0.29) is 18.3 Å². The fraction of sp³-hybridized carbons (Fsp3) is 0.214. The zero-order chi connectivity index (χ0) is 25.9. The Morgan fingerprint density at radius 1 is 1.14 bits per heavy atom. The van der Waals surface area contributed by atoms with E-state index in [0.29, 0.717) is 52.3 Å². The molecule has 0 saturated heterocycles. The van der Waals surface area contributed by atoms with Crippen LogP contribution in [-0.2, 0) is 17.8 Å². The largest absolute Gasteiger partial charge is 0.436 e. The molecule has 1 aliphatic rings. The van der Waals surface area contributed by atoms with Crippen LogP contribution in [0.2, 0.25) is 0 Å². The maximum absolute atomic E-state index is 13.3. The SMILES string of the molecule is CC[C@@H](Sc1nc(-c2ccccc2)nc2c1Cc1c(CO)cnc(C)c1O2)C(=O)Nc1ccc(F)cc1. The third-order valence-corrected chi connectivity index (χ3v) is 7.51. The molecule has 0 bridgehead atoms. The predicted molar refractivity (Wildman–Crippen MR) is 140 cm³/mol. The molecule has 0 unspecified atom stereocenters. The number of thioether (sulfide) groups is 1. The fourth-order valence-electron chi connectivity index (χ4n) is 4.12. The summed E-state index contributed by atoms with van der Waals surface area (Å²) in [6.45, 7) is 3.61. The number of aliphatic hydroxyl groups excluding tert-OH is 1. The lowest BCUT2D eigenvalue weighted by molar-refractivity contribution is -0.115. The van der Waals surface area contributed by atoms with Crippen molar-refractivity contribution >= 4 is 23.4 Å². The van der Waals surface area contributed by atoms with Crippen LogP contribution in [0, 0.1) is 12.7 Å². The van der Waals surface area contributed by atoms with Crippen LogP contribution in [0.3, 0.4) is 0 Å². The Balaban J connectivity index is 1.53. The highest BCUT2D eigenvalue weighted by atomic mass is 32.2. The van der Waals surface area contributed by atoms with Crippen molar-refractivity contribution in [2.75, 3.05) is 5.32 Å². The average Bonchev–Trinajstić information content (AvgIpc) is 2.92. The summed E-state index contributed by atoms with van der Waals surface area (Å²) in [5.74, 6) is 0.920. The normalized spacial score (nSPS) is 12.8. The van der Waals surface area contributed by atoms with Crippen LogP contribution in [0.5, 0.6) is 11.6 Å². The third-order valence-electron chi connectivity index (χ3n) is 6.12. The van der Waals surface area contributed by atoms with Gasteiger partial charge in [0, 0.05) is 35.0 Å². The van der Waals surface area contributed by atoms with Crippen LogP contribution in [0.1, 0.15) is 35.7 Å². The summed E-state index contributed by atoms with van der Waals surface area (Å²) in [6.07, 6.45) is 2.64. The number of benzene rings is 2. The minimum atomic E-state index is -0.467. The van der Waals surface area contributed by atoms with Gasteiger partial charge in [0.15, 0.2) is 11.6 Å². The summed E-state index contributed by atoms with van der Waals surface area (Å²) < 4.78 is 19.6. The molecule has 2 N–H and O–H groups in total. The summed E-state index contributed by atoms with van der Waals surface area (Å²) in [7, 11) is 0. The molecule has 2 aromatic carbocycles. The van der Waals surface area contributed by atoms with E-state index < -0.39 is 5.25 Å². The highest BCUT2D eigenvalue weighted by Gasteiger charge is 2.30. The van der Waals surface area contributed by atoms with Gasteiger partial charge in [0.05, 0.1) is 23.1 Å². The number of rotatable bonds is 7. The molecular formula is C28H25FN4O3S. The van der Waals surface area contributed by atoms with Crippen LogP contribution in [-0.4, -0.2) is 31.2 Å². The van der Waals surface area contributed by atoms with Gasteiger partial charge < -0.3 is 15.2 Å². The molecule has 3 heterocycles. The quantitative estimate of drug-likeness (QED) is 0.212. The predicted octanol–water partition coefficient (Wildman–Crippen LogP) is 5.68. The van der Waals surface area contributed by atoms with Crippen LogP contribution in [0.15, 0.2) is 65.8 Å². The maximum Gasteiger partial charge on any atom is 0.237 e. The number of carbonyl (C=O) groups is 1. The molecule has 37 heavy (non-hydrogen) atoms. The Morgan fingerprint density at radius 3 is 2.59 bits per heavy atom. The molecule has 0 saturated carbocycles. The van der Waals surface area contributed by atoms with E-state index in [2.05, 4.69) is 10.3 Å². The summed E-state index contributed by atoms with van der Waals surface area (Å²) >= 11 is 1.34. The second-order valence-corrected chi connectivity index (χ2v) is 9.82. The minimum Gasteiger partial charge on any atom is -0.436 e. The van der Waals surface area contributed by atoms with Crippen LogP contribution >= 0.6 is 11.8 Å². The lowest BCUT2D eigenvalue weighted by Gasteiger charge is -2.25. The number of fused-ring (bicyclic) bond motifs is 2. The van der Waals surface area contributed by atoms with Crippen molar-refractivity contribution in [1.29, 1.82) is 0 Å². The monoisotopic (exact) mass is 516 g/mol. The zero-order valence-electron chi connectivity index (χ0n) is 20.4. The van der Waals surface area contributed by atoms with Gasteiger partial charge in [-0.25, -0.2) is 9.37 Å². The molecule has 0 radical (unpaired) electrons. The van der Waals surface area contributed by atoms with Crippen LogP contribution < -0.4 is 10.1 Å². The van der Waals surface area contributed by atoms with Gasteiger partial charge in [0.2, 0.25) is 11.8 Å². The van der Waals surface area contributed by atoms with Crippen molar-refractivity contribution in [3.63, 3.8) is 0 Å². The van der Waals surface area contributed by atoms with Crippen LogP contribution in [0.25, 0.3) is 11.4 Å². The number of carbonyl (C=O) groups excluding carboxylic acids is 1. The number of halogens is 1. The fourth-order valence-corrected chi connectivity index (χ4v) is 5.16. The number of hydrogen-bond acceptors (Lipinski definition) is 7. The van der Waals surface area contributed by atoms with Crippen molar-refractivity contribution < 1.29 is 19.0 Å². The molecule has 0 aliphatic carbocycles. The molecule has 0 fully saturated rings. The van der Waals surface area contributed by atoms with E-state index in [9.17, 15) is 14.3 Å². The Kier molecular flexibility index (Phi) is 7.16. The topological polar surface area (TPSA) is 97.2 Å². The number of aromatic nitrogens is 3. The Hall–Kier alpha value is -3.82. The lowest BCUT2D eigenvalue weighted by Crippen LogP contribution is -2.25. The zero-order valence-corrected chi connectivity index (χ0v) is 21.2.